The van der Waals surface area contributed by atoms with Crippen LogP contribution in [0.15, 0.2) is 82.4 Å². The van der Waals surface area contributed by atoms with Crippen LogP contribution in [0.4, 0.5) is 13.2 Å². The zero-order valence-corrected chi connectivity index (χ0v) is 18.7. The SMILES string of the molecule is O=C(N1CCS/C1=C1\[C@H](c2ccccc2)C=C2SCCN2[C@@H]1c1ccccc1)C(F)(F)F. The Morgan fingerprint density at radius 3 is 2.16 bits per heavy atom. The Hall–Kier alpha value is -2.32. The molecule has 32 heavy (non-hydrogen) atoms. The van der Waals surface area contributed by atoms with Gasteiger partial charge in [0, 0.05) is 30.5 Å². The molecule has 2 saturated heterocycles. The Labute approximate surface area is 193 Å². The molecule has 2 atom stereocenters. The summed E-state index contributed by atoms with van der Waals surface area (Å²) >= 11 is 3.13. The topological polar surface area (TPSA) is 23.6 Å². The lowest BCUT2D eigenvalue weighted by molar-refractivity contribution is -0.182. The number of fused-ring (bicyclic) bond motifs is 1. The van der Waals surface area contributed by atoms with Gasteiger partial charge in [-0.2, -0.15) is 13.2 Å². The molecule has 3 heterocycles. The number of rotatable bonds is 2. The molecule has 1 amide bonds. The summed E-state index contributed by atoms with van der Waals surface area (Å²) in [5.41, 5.74) is 2.90. The summed E-state index contributed by atoms with van der Waals surface area (Å²) < 4.78 is 40.3. The molecule has 8 heteroatoms. The summed E-state index contributed by atoms with van der Waals surface area (Å²) in [7, 11) is 0. The van der Waals surface area contributed by atoms with Crippen LogP contribution in [0, 0.1) is 0 Å². The third-order valence-corrected chi connectivity index (χ3v) is 8.09. The fraction of sp³-hybridized carbons (Fsp3) is 0.292. The van der Waals surface area contributed by atoms with E-state index in [-0.39, 0.29) is 18.5 Å². The van der Waals surface area contributed by atoms with Crippen molar-refractivity contribution in [2.45, 2.75) is 18.1 Å². The molecular weight excluding hydrogens is 453 g/mol. The largest absolute Gasteiger partial charge is 0.471 e. The van der Waals surface area contributed by atoms with Crippen molar-refractivity contribution in [1.29, 1.82) is 0 Å². The first-order valence-corrected chi connectivity index (χ1v) is 12.4. The van der Waals surface area contributed by atoms with E-state index >= 15 is 0 Å². The van der Waals surface area contributed by atoms with Gasteiger partial charge < -0.3 is 4.90 Å². The zero-order valence-electron chi connectivity index (χ0n) is 17.1. The standard InChI is InChI=1S/C24H21F3N2OS2/c25-24(26,27)23(30)29-12-14-32-22(29)20-18(16-7-3-1-4-8-16)15-19-28(11-13-31-19)21(20)17-9-5-2-6-10-17/h1-10,15,18,21H,11-14H2/b22-20+/t18-,21+/m0/s1. The van der Waals surface area contributed by atoms with Crippen molar-refractivity contribution in [3.63, 3.8) is 0 Å². The fourth-order valence-electron chi connectivity index (χ4n) is 4.59. The lowest BCUT2D eigenvalue weighted by Gasteiger charge is -2.41. The molecule has 0 bridgehead atoms. The summed E-state index contributed by atoms with van der Waals surface area (Å²) in [5.74, 6) is -0.608. The van der Waals surface area contributed by atoms with E-state index in [2.05, 4.69) is 11.0 Å². The average molecular weight is 475 g/mol. The highest BCUT2D eigenvalue weighted by Crippen LogP contribution is 2.53. The summed E-state index contributed by atoms with van der Waals surface area (Å²) in [4.78, 5) is 15.6. The highest BCUT2D eigenvalue weighted by Gasteiger charge is 2.48. The minimum atomic E-state index is -4.90. The number of amides is 1. The van der Waals surface area contributed by atoms with Crippen molar-refractivity contribution in [1.82, 2.24) is 9.80 Å². The van der Waals surface area contributed by atoms with E-state index in [1.807, 2.05) is 60.7 Å². The molecular formula is C24H21F3N2OS2. The van der Waals surface area contributed by atoms with Crippen LogP contribution >= 0.6 is 23.5 Å². The van der Waals surface area contributed by atoms with Gasteiger partial charge in [0.25, 0.3) is 0 Å². The molecule has 0 aliphatic carbocycles. The number of benzene rings is 2. The van der Waals surface area contributed by atoms with E-state index in [9.17, 15) is 18.0 Å². The fourth-order valence-corrected chi connectivity index (χ4v) is 6.89. The molecule has 0 unspecified atom stereocenters. The molecule has 3 aliphatic heterocycles. The summed E-state index contributed by atoms with van der Waals surface area (Å²) in [6.45, 7) is 0.877. The van der Waals surface area contributed by atoms with Crippen LogP contribution in [0.5, 0.6) is 0 Å². The third kappa shape index (κ3) is 3.83. The number of halogens is 3. The molecule has 0 radical (unpaired) electrons. The molecule has 3 nitrogen and oxygen atoms in total. The summed E-state index contributed by atoms with van der Waals surface area (Å²) in [6, 6.07) is 19.5. The first-order valence-electron chi connectivity index (χ1n) is 10.4. The Balaban J connectivity index is 1.74. The number of nitrogens with zero attached hydrogens (tertiary/aromatic N) is 2. The van der Waals surface area contributed by atoms with Crippen molar-refractivity contribution < 1.29 is 18.0 Å². The molecule has 0 N–H and O–H groups in total. The second-order valence-corrected chi connectivity index (χ2v) is 10.0. The van der Waals surface area contributed by atoms with Gasteiger partial charge in [-0.1, -0.05) is 60.7 Å². The van der Waals surface area contributed by atoms with Crippen LogP contribution in [0.3, 0.4) is 0 Å². The van der Waals surface area contributed by atoms with Gasteiger partial charge in [-0.3, -0.25) is 9.69 Å². The van der Waals surface area contributed by atoms with Gasteiger partial charge in [-0.15, -0.1) is 23.5 Å². The Bertz CT molecular complexity index is 1070. The maximum absolute atomic E-state index is 13.4. The first kappa shape index (κ1) is 21.5. The normalized spacial score (nSPS) is 25.7. The number of allylic oxidation sites excluding steroid dienone is 1. The lowest BCUT2D eigenvalue weighted by atomic mass is 9.81. The van der Waals surface area contributed by atoms with Crippen LogP contribution in [0.2, 0.25) is 0 Å². The molecule has 2 fully saturated rings. The molecule has 3 aliphatic rings. The average Bonchev–Trinajstić information content (AvgIpc) is 3.47. The molecule has 2 aromatic carbocycles. The van der Waals surface area contributed by atoms with E-state index in [4.69, 9.17) is 0 Å². The number of carbonyl (C=O) groups excluding carboxylic acids is 1. The Morgan fingerprint density at radius 2 is 1.50 bits per heavy atom. The number of thioether (sulfide) groups is 2. The maximum atomic E-state index is 13.4. The molecule has 5 rings (SSSR count). The molecule has 0 saturated carbocycles. The van der Waals surface area contributed by atoms with Gasteiger partial charge in [0.15, 0.2) is 0 Å². The number of hydrogen-bond acceptors (Lipinski definition) is 4. The molecule has 166 valence electrons. The maximum Gasteiger partial charge on any atom is 0.471 e. The second-order valence-electron chi connectivity index (χ2n) is 7.81. The summed E-state index contributed by atoms with van der Waals surface area (Å²) in [6.07, 6.45) is -2.75. The monoisotopic (exact) mass is 474 g/mol. The zero-order chi connectivity index (χ0) is 22.3. The first-order chi connectivity index (χ1) is 15.4. The minimum Gasteiger partial charge on any atom is -0.355 e. The van der Waals surface area contributed by atoms with Crippen molar-refractivity contribution in [3.05, 3.63) is 93.5 Å². The van der Waals surface area contributed by atoms with Crippen LogP contribution in [0.25, 0.3) is 0 Å². The van der Waals surface area contributed by atoms with Crippen LogP contribution < -0.4 is 0 Å². The number of alkyl halides is 3. The lowest BCUT2D eigenvalue weighted by Crippen LogP contribution is -2.40. The van der Waals surface area contributed by atoms with Crippen LogP contribution in [0.1, 0.15) is 23.1 Å². The molecule has 0 aromatic heterocycles. The predicted octanol–water partition coefficient (Wildman–Crippen LogP) is 5.76. The Morgan fingerprint density at radius 1 is 0.875 bits per heavy atom. The van der Waals surface area contributed by atoms with Gasteiger partial charge in [0.05, 0.1) is 16.1 Å². The van der Waals surface area contributed by atoms with E-state index in [0.717, 1.165) is 38.9 Å². The van der Waals surface area contributed by atoms with Gasteiger partial charge in [-0.25, -0.2) is 0 Å². The van der Waals surface area contributed by atoms with Gasteiger partial charge >= 0.3 is 12.1 Å². The van der Waals surface area contributed by atoms with E-state index in [0.29, 0.717) is 10.8 Å². The summed E-state index contributed by atoms with van der Waals surface area (Å²) in [5, 5.41) is 1.59. The Kier molecular flexibility index (Phi) is 5.75. The van der Waals surface area contributed by atoms with Crippen molar-refractivity contribution in [2.24, 2.45) is 0 Å². The molecule has 2 aromatic rings. The van der Waals surface area contributed by atoms with Crippen LogP contribution in [-0.2, 0) is 4.79 Å². The number of hydrogen-bond donors (Lipinski definition) is 0. The van der Waals surface area contributed by atoms with Gasteiger partial charge in [-0.05, 0) is 22.8 Å². The predicted molar refractivity (Wildman–Crippen MR) is 123 cm³/mol. The number of carbonyl (C=O) groups is 1. The van der Waals surface area contributed by atoms with E-state index < -0.39 is 12.1 Å². The van der Waals surface area contributed by atoms with Crippen LogP contribution in [-0.4, -0.2) is 46.5 Å². The smallest absolute Gasteiger partial charge is 0.355 e. The van der Waals surface area contributed by atoms with E-state index in [1.54, 1.807) is 11.8 Å². The highest BCUT2D eigenvalue weighted by atomic mass is 32.2. The van der Waals surface area contributed by atoms with Gasteiger partial charge in [0.2, 0.25) is 0 Å². The van der Waals surface area contributed by atoms with Crippen molar-refractivity contribution >= 4 is 29.4 Å². The van der Waals surface area contributed by atoms with Crippen molar-refractivity contribution in [3.8, 4) is 0 Å². The minimum absolute atomic E-state index is 0.0657. The molecule has 0 spiro atoms. The second kappa shape index (κ2) is 8.56. The van der Waals surface area contributed by atoms with Crippen molar-refractivity contribution in [2.75, 3.05) is 24.6 Å². The van der Waals surface area contributed by atoms with E-state index in [1.165, 1.54) is 11.8 Å². The highest BCUT2D eigenvalue weighted by molar-refractivity contribution is 8.03. The quantitative estimate of drug-likeness (QED) is 0.552. The van der Waals surface area contributed by atoms with Gasteiger partial charge in [0.1, 0.15) is 0 Å². The third-order valence-electron chi connectivity index (χ3n) is 5.92.